The van der Waals surface area contributed by atoms with Gasteiger partial charge in [0.2, 0.25) is 0 Å². The number of rotatable bonds is 5. The summed E-state index contributed by atoms with van der Waals surface area (Å²) in [5.41, 5.74) is 6.53. The Morgan fingerprint density at radius 3 is 2.72 bits per heavy atom. The number of fused-ring (bicyclic) bond motifs is 1. The second-order valence-corrected chi connectivity index (χ2v) is 9.01. The number of nitrogens with zero attached hydrogens (tertiary/aromatic N) is 1. The van der Waals surface area contributed by atoms with Gasteiger partial charge >= 0.3 is 0 Å². The lowest BCUT2D eigenvalue weighted by Gasteiger charge is -2.25. The molecule has 0 saturated heterocycles. The smallest absolute Gasteiger partial charge is 0.252 e. The van der Waals surface area contributed by atoms with Crippen molar-refractivity contribution >= 4 is 36.6 Å². The molecule has 0 bridgehead atoms. The van der Waals surface area contributed by atoms with E-state index in [1.54, 1.807) is 18.5 Å². The number of carbonyl (C=O) groups excluding carboxylic acids is 2. The summed E-state index contributed by atoms with van der Waals surface area (Å²) < 4.78 is 0. The Morgan fingerprint density at radius 1 is 1.25 bits per heavy atom. The molecule has 5 heteroatoms. The van der Waals surface area contributed by atoms with E-state index in [0.717, 1.165) is 34.3 Å². The maximum Gasteiger partial charge on any atom is 0.252 e. The Kier molecular flexibility index (Phi) is 6.27. The van der Waals surface area contributed by atoms with Gasteiger partial charge in [0.1, 0.15) is 7.85 Å². The Morgan fingerprint density at radius 2 is 2.00 bits per heavy atom. The van der Waals surface area contributed by atoms with Crippen molar-refractivity contribution in [3.8, 4) is 0 Å². The maximum atomic E-state index is 13.2. The Hall–Kier alpha value is -3.21. The Labute approximate surface area is 190 Å². The van der Waals surface area contributed by atoms with E-state index in [2.05, 4.69) is 30.2 Å². The number of Topliss-reactive ketones (excluding diaryl/α,β-unsaturated/α-hetero) is 1. The van der Waals surface area contributed by atoms with Gasteiger partial charge in [-0.15, -0.1) is 0 Å². The van der Waals surface area contributed by atoms with Crippen LogP contribution in [0.5, 0.6) is 0 Å². The van der Waals surface area contributed by atoms with Gasteiger partial charge in [-0.2, -0.15) is 0 Å². The summed E-state index contributed by atoms with van der Waals surface area (Å²) in [6.07, 6.45) is 10.9. The van der Waals surface area contributed by atoms with Gasteiger partial charge in [0.05, 0.1) is 0 Å². The van der Waals surface area contributed by atoms with Crippen LogP contribution in [-0.2, 0) is 11.2 Å². The summed E-state index contributed by atoms with van der Waals surface area (Å²) in [7, 11) is 6.14. The number of hydrogen-bond acceptors (Lipinski definition) is 3. The molecule has 0 spiro atoms. The minimum atomic E-state index is -0.221. The quantitative estimate of drug-likeness (QED) is 0.746. The van der Waals surface area contributed by atoms with E-state index in [1.807, 2.05) is 37.3 Å². The van der Waals surface area contributed by atoms with E-state index < -0.39 is 0 Å². The first-order valence-corrected chi connectivity index (χ1v) is 11.1. The first-order chi connectivity index (χ1) is 15.3. The monoisotopic (exact) mass is 422 g/mol. The fourth-order valence-electron chi connectivity index (χ4n) is 4.43. The largest absolute Gasteiger partial charge is 0.348 e. The second-order valence-electron chi connectivity index (χ2n) is 9.01. The van der Waals surface area contributed by atoms with Gasteiger partial charge in [0.25, 0.3) is 5.91 Å². The van der Waals surface area contributed by atoms with E-state index in [1.165, 1.54) is 0 Å². The van der Waals surface area contributed by atoms with Gasteiger partial charge in [-0.05, 0) is 59.6 Å². The first kappa shape index (κ1) is 22.0. The van der Waals surface area contributed by atoms with Crippen molar-refractivity contribution in [3.63, 3.8) is 0 Å². The highest BCUT2D eigenvalue weighted by Crippen LogP contribution is 2.30. The molecular formula is C27H27BN2O2. The van der Waals surface area contributed by atoms with Crippen LogP contribution in [0.15, 0.2) is 60.0 Å². The molecule has 0 saturated carbocycles. The molecule has 2 aliphatic rings. The highest BCUT2D eigenvalue weighted by Gasteiger charge is 2.24. The van der Waals surface area contributed by atoms with Crippen molar-refractivity contribution in [2.45, 2.75) is 33.6 Å². The third-order valence-electron chi connectivity index (χ3n) is 6.26. The van der Waals surface area contributed by atoms with Crippen molar-refractivity contribution in [1.82, 2.24) is 10.3 Å². The summed E-state index contributed by atoms with van der Waals surface area (Å²) in [5, 5.41) is 2.97. The Bertz CT molecular complexity index is 1160. The number of carbonyl (C=O) groups is 2. The number of ketones is 1. The Balaban J connectivity index is 1.62. The lowest BCUT2D eigenvalue weighted by Crippen LogP contribution is -2.31. The van der Waals surface area contributed by atoms with Gasteiger partial charge in [-0.3, -0.25) is 14.6 Å². The van der Waals surface area contributed by atoms with Gasteiger partial charge in [-0.1, -0.05) is 55.2 Å². The van der Waals surface area contributed by atoms with E-state index in [4.69, 9.17) is 7.85 Å². The molecule has 0 aliphatic heterocycles. The first-order valence-electron chi connectivity index (χ1n) is 11.1. The second kappa shape index (κ2) is 9.11. The summed E-state index contributed by atoms with van der Waals surface area (Å²) in [6.45, 7) is 6.52. The number of aromatic nitrogens is 1. The molecule has 4 nitrogen and oxygen atoms in total. The number of allylic oxidation sites excluding steroid dienone is 4. The van der Waals surface area contributed by atoms with E-state index in [9.17, 15) is 9.59 Å². The van der Waals surface area contributed by atoms with E-state index in [-0.39, 0.29) is 18.2 Å². The molecule has 1 aromatic heterocycles. The van der Waals surface area contributed by atoms with Crippen molar-refractivity contribution in [2.24, 2.45) is 11.8 Å². The molecule has 2 aromatic rings. The van der Waals surface area contributed by atoms with Crippen LogP contribution < -0.4 is 10.8 Å². The normalized spacial score (nSPS) is 17.9. The van der Waals surface area contributed by atoms with Crippen LogP contribution in [0.25, 0.3) is 11.6 Å². The van der Waals surface area contributed by atoms with Gasteiger partial charge in [-0.25, -0.2) is 0 Å². The van der Waals surface area contributed by atoms with Gasteiger partial charge < -0.3 is 5.32 Å². The predicted molar refractivity (Wildman–Crippen MR) is 130 cm³/mol. The molecule has 1 amide bonds. The summed E-state index contributed by atoms with van der Waals surface area (Å²) in [4.78, 5) is 30.1. The van der Waals surface area contributed by atoms with Crippen molar-refractivity contribution in [3.05, 3.63) is 82.2 Å². The zero-order valence-corrected chi connectivity index (χ0v) is 18.8. The van der Waals surface area contributed by atoms with Crippen LogP contribution in [0, 0.1) is 11.8 Å². The molecule has 2 radical (unpaired) electrons. The molecule has 2 aliphatic carbocycles. The van der Waals surface area contributed by atoms with Crippen molar-refractivity contribution in [1.29, 1.82) is 0 Å². The number of hydrogen-bond donors (Lipinski definition) is 1. The predicted octanol–water partition coefficient (Wildman–Crippen LogP) is 3.82. The van der Waals surface area contributed by atoms with Crippen LogP contribution in [0.4, 0.5) is 0 Å². The van der Waals surface area contributed by atoms with Crippen molar-refractivity contribution < 1.29 is 9.59 Å². The topological polar surface area (TPSA) is 59.1 Å². The maximum absolute atomic E-state index is 13.2. The molecule has 32 heavy (non-hydrogen) atoms. The van der Waals surface area contributed by atoms with Crippen LogP contribution in [0.1, 0.15) is 54.2 Å². The van der Waals surface area contributed by atoms with Gasteiger partial charge in [0, 0.05) is 36.5 Å². The van der Waals surface area contributed by atoms with Crippen molar-refractivity contribution in [2.75, 3.05) is 6.54 Å². The fourth-order valence-corrected chi connectivity index (χ4v) is 4.43. The number of benzene rings is 1. The zero-order chi connectivity index (χ0) is 22.8. The third-order valence-corrected chi connectivity index (χ3v) is 6.26. The van der Waals surface area contributed by atoms with Gasteiger partial charge in [0.15, 0.2) is 5.78 Å². The van der Waals surface area contributed by atoms with Crippen LogP contribution >= 0.6 is 0 Å². The standard InChI is InChI=1S/C27H27BN2O2/c1-16(2)19-4-5-22-20(12-19)13-21(28)14-24(22)27(32)30-15-25-23(10-17(3)11-26(25)31)18-6-8-29-9-7-18/h4-10,13-14,16,19H,11-12,15H2,1-3H3,(H,30,32). The molecule has 1 heterocycles. The average molecular weight is 422 g/mol. The molecule has 1 unspecified atom stereocenters. The average Bonchev–Trinajstić information content (AvgIpc) is 2.77. The lowest BCUT2D eigenvalue weighted by atomic mass is 9.79. The molecule has 1 N–H and O–H groups in total. The van der Waals surface area contributed by atoms with Crippen LogP contribution in [0.2, 0.25) is 0 Å². The van der Waals surface area contributed by atoms with Crippen LogP contribution in [-0.4, -0.2) is 31.1 Å². The molecule has 1 atom stereocenters. The minimum Gasteiger partial charge on any atom is -0.348 e. The summed E-state index contributed by atoms with van der Waals surface area (Å²) in [5.74, 6) is 0.766. The molecule has 1 aromatic carbocycles. The molecule has 0 fully saturated rings. The van der Waals surface area contributed by atoms with E-state index in [0.29, 0.717) is 34.9 Å². The van der Waals surface area contributed by atoms with E-state index >= 15 is 0 Å². The number of amides is 1. The zero-order valence-electron chi connectivity index (χ0n) is 18.8. The molecular weight excluding hydrogens is 395 g/mol. The lowest BCUT2D eigenvalue weighted by molar-refractivity contribution is -0.115. The molecule has 160 valence electrons. The minimum absolute atomic E-state index is 0.0337. The highest BCUT2D eigenvalue weighted by molar-refractivity contribution is 6.33. The summed E-state index contributed by atoms with van der Waals surface area (Å²) in [6, 6.07) is 7.44. The molecule has 4 rings (SSSR count). The van der Waals surface area contributed by atoms with Crippen LogP contribution in [0.3, 0.4) is 0 Å². The summed E-state index contributed by atoms with van der Waals surface area (Å²) >= 11 is 0. The number of pyridine rings is 1. The fraction of sp³-hybridized carbons (Fsp3) is 0.296. The SMILES string of the molecule is [B]c1cc2c(c(C(=O)NCC3=C(c4ccncc4)C=C(C)CC3=O)c1)C=CC(C(C)C)C2. The highest BCUT2D eigenvalue weighted by atomic mass is 16.2. The number of nitrogens with one attached hydrogen (secondary N) is 1. The third kappa shape index (κ3) is 4.52.